The van der Waals surface area contributed by atoms with Crippen molar-refractivity contribution in [2.24, 2.45) is 5.92 Å². The highest BCUT2D eigenvalue weighted by atomic mass is 35.5. The Balaban J connectivity index is 1.54. The van der Waals surface area contributed by atoms with Crippen molar-refractivity contribution in [2.45, 2.75) is 53.2 Å². The summed E-state index contributed by atoms with van der Waals surface area (Å²) < 4.78 is 42.4. The van der Waals surface area contributed by atoms with E-state index in [1.54, 1.807) is 77.9 Å². The molecule has 3 aromatic carbocycles. The molecule has 1 amide bonds. The molecule has 0 aliphatic rings. The average Bonchev–Trinajstić information content (AvgIpc) is 3.28. The first-order valence-electron chi connectivity index (χ1n) is 13.7. The van der Waals surface area contributed by atoms with Crippen LogP contribution in [0.3, 0.4) is 0 Å². The van der Waals surface area contributed by atoms with Gasteiger partial charge in [0.1, 0.15) is 17.4 Å². The fourth-order valence-electron chi connectivity index (χ4n) is 4.81. The molecule has 9 nitrogen and oxygen atoms in total. The van der Waals surface area contributed by atoms with Crippen molar-refractivity contribution in [2.75, 3.05) is 16.7 Å². The van der Waals surface area contributed by atoms with E-state index >= 15 is 0 Å². The zero-order valence-electron chi connectivity index (χ0n) is 25.3. The number of hydrogen-bond donors (Lipinski definition) is 1. The predicted molar refractivity (Wildman–Crippen MR) is 173 cm³/mol. The lowest BCUT2D eigenvalue weighted by Crippen LogP contribution is -2.48. The molecule has 0 saturated carbocycles. The fourth-order valence-corrected chi connectivity index (χ4v) is 6.20. The van der Waals surface area contributed by atoms with Crippen LogP contribution in [-0.4, -0.2) is 39.4 Å². The largest absolute Gasteiger partial charge is 0.755 e. The number of halogens is 2. The second-order valence-corrected chi connectivity index (χ2v) is 13.1. The Hall–Kier alpha value is -3.57. The van der Waals surface area contributed by atoms with Gasteiger partial charge in [0.2, 0.25) is 0 Å². The summed E-state index contributed by atoms with van der Waals surface area (Å²) in [6.45, 7) is 10.4. The third kappa shape index (κ3) is 7.04. The summed E-state index contributed by atoms with van der Waals surface area (Å²) >= 11 is 9.84. The van der Waals surface area contributed by atoms with E-state index in [1.807, 2.05) is 12.1 Å². The molecular formula is C32H33Cl2N2O7S-. The van der Waals surface area contributed by atoms with Crippen LogP contribution >= 0.6 is 23.2 Å². The zero-order chi connectivity index (χ0) is 32.5. The molecule has 0 spiro atoms. The molecule has 4 rings (SSSR count). The van der Waals surface area contributed by atoms with Crippen LogP contribution in [0.4, 0.5) is 11.4 Å². The molecule has 234 valence electrons. The van der Waals surface area contributed by atoms with E-state index < -0.39 is 34.8 Å². The summed E-state index contributed by atoms with van der Waals surface area (Å²) in [5.74, 6) is -0.988. The molecule has 0 radical (unpaired) electrons. The van der Waals surface area contributed by atoms with Crippen LogP contribution < -0.4 is 14.4 Å². The number of anilines is 2. The Morgan fingerprint density at radius 3 is 2.07 bits per heavy atom. The highest BCUT2D eigenvalue weighted by Crippen LogP contribution is 2.42. The molecule has 2 unspecified atom stereocenters. The van der Waals surface area contributed by atoms with Crippen molar-refractivity contribution in [1.82, 2.24) is 0 Å². The topological polar surface area (TPSA) is 121 Å². The molecule has 0 saturated heterocycles. The smallest absolute Gasteiger partial charge is 0.330 e. The maximum atomic E-state index is 13.1. The SMILES string of the molecule is COc1c(Cl)cc(Cl)c2oc(C(=O)Nc3ccc(-c4ccc(N(C(C(=O)OC(C)(C)C)C(C)C)S(=O)[O-])cc4)cc3)c(C)c12. The number of benzene rings is 3. The van der Waals surface area contributed by atoms with Gasteiger partial charge < -0.3 is 23.8 Å². The molecule has 1 aromatic heterocycles. The molecule has 44 heavy (non-hydrogen) atoms. The zero-order valence-corrected chi connectivity index (χ0v) is 27.6. The Morgan fingerprint density at radius 2 is 1.57 bits per heavy atom. The maximum absolute atomic E-state index is 13.1. The quantitative estimate of drug-likeness (QED) is 0.143. The Labute approximate surface area is 268 Å². The van der Waals surface area contributed by atoms with Gasteiger partial charge in [-0.1, -0.05) is 61.3 Å². The molecule has 1 heterocycles. The number of esters is 1. The van der Waals surface area contributed by atoms with Gasteiger partial charge >= 0.3 is 5.97 Å². The third-order valence-corrected chi connectivity index (χ3v) is 8.08. The number of ether oxygens (including phenoxy) is 2. The van der Waals surface area contributed by atoms with Gasteiger partial charge in [0.25, 0.3) is 5.91 Å². The van der Waals surface area contributed by atoms with E-state index in [2.05, 4.69) is 5.32 Å². The number of amides is 1. The number of fused-ring (bicyclic) bond motifs is 1. The lowest BCUT2D eigenvalue weighted by atomic mass is 10.0. The van der Waals surface area contributed by atoms with E-state index in [0.29, 0.717) is 38.7 Å². The van der Waals surface area contributed by atoms with E-state index in [9.17, 15) is 18.4 Å². The van der Waals surface area contributed by atoms with Gasteiger partial charge in [0.05, 0.1) is 22.5 Å². The summed E-state index contributed by atoms with van der Waals surface area (Å²) in [5.41, 5.74) is 2.55. The van der Waals surface area contributed by atoms with Gasteiger partial charge in [-0.3, -0.25) is 13.3 Å². The molecule has 0 bridgehead atoms. The molecule has 1 N–H and O–H groups in total. The van der Waals surface area contributed by atoms with Gasteiger partial charge in [0, 0.05) is 28.2 Å². The number of carbonyl (C=O) groups excluding carboxylic acids is 2. The minimum atomic E-state index is -2.73. The van der Waals surface area contributed by atoms with E-state index in [1.165, 1.54) is 13.2 Å². The first-order valence-corrected chi connectivity index (χ1v) is 15.5. The summed E-state index contributed by atoms with van der Waals surface area (Å²) in [6.07, 6.45) is 0. The molecular weight excluding hydrogens is 627 g/mol. The molecule has 0 fully saturated rings. The Kier molecular flexibility index (Phi) is 9.99. The van der Waals surface area contributed by atoms with Gasteiger partial charge in [0.15, 0.2) is 11.3 Å². The number of hydrogen-bond acceptors (Lipinski definition) is 7. The van der Waals surface area contributed by atoms with Crippen molar-refractivity contribution in [3.05, 3.63) is 76.0 Å². The number of nitrogens with one attached hydrogen (secondary N) is 1. The van der Waals surface area contributed by atoms with Crippen LogP contribution in [0.25, 0.3) is 22.1 Å². The van der Waals surface area contributed by atoms with Crippen LogP contribution in [0.15, 0.2) is 59.0 Å². The molecule has 0 aliphatic heterocycles. The van der Waals surface area contributed by atoms with Crippen LogP contribution in [-0.2, 0) is 20.8 Å². The lowest BCUT2D eigenvalue weighted by molar-refractivity contribution is -0.157. The number of aryl methyl sites for hydroxylation is 1. The minimum Gasteiger partial charge on any atom is -0.755 e. The summed E-state index contributed by atoms with van der Waals surface area (Å²) in [6, 6.07) is 14.4. The van der Waals surface area contributed by atoms with Crippen molar-refractivity contribution >= 4 is 68.7 Å². The number of methoxy groups -OCH3 is 1. The van der Waals surface area contributed by atoms with Crippen molar-refractivity contribution in [3.63, 3.8) is 0 Å². The predicted octanol–water partition coefficient (Wildman–Crippen LogP) is 7.94. The number of furan rings is 1. The first-order chi connectivity index (χ1) is 20.6. The van der Waals surface area contributed by atoms with Crippen molar-refractivity contribution in [1.29, 1.82) is 0 Å². The van der Waals surface area contributed by atoms with Crippen molar-refractivity contribution < 1.29 is 32.2 Å². The second-order valence-electron chi connectivity index (χ2n) is 11.5. The molecule has 2 atom stereocenters. The fraction of sp³-hybridized carbons (Fsp3) is 0.312. The Bertz CT molecular complexity index is 1710. The normalized spacial score (nSPS) is 13.1. The van der Waals surface area contributed by atoms with Crippen LogP contribution in [0, 0.1) is 12.8 Å². The Morgan fingerprint density at radius 1 is 1.00 bits per heavy atom. The molecule has 4 aromatic rings. The highest BCUT2D eigenvalue weighted by Gasteiger charge is 2.34. The summed E-state index contributed by atoms with van der Waals surface area (Å²) in [7, 11) is 1.48. The molecule has 0 aliphatic carbocycles. The average molecular weight is 661 g/mol. The van der Waals surface area contributed by atoms with Gasteiger partial charge in [-0.2, -0.15) is 0 Å². The van der Waals surface area contributed by atoms with E-state index in [4.69, 9.17) is 37.1 Å². The third-order valence-electron chi connectivity index (χ3n) is 6.76. The summed E-state index contributed by atoms with van der Waals surface area (Å²) in [5, 5.41) is 3.92. The highest BCUT2D eigenvalue weighted by molar-refractivity contribution is 7.80. The first kappa shape index (κ1) is 33.3. The summed E-state index contributed by atoms with van der Waals surface area (Å²) in [4.78, 5) is 26.1. The van der Waals surface area contributed by atoms with Gasteiger partial charge in [-0.15, -0.1) is 0 Å². The lowest BCUT2D eigenvalue weighted by Gasteiger charge is -2.36. The maximum Gasteiger partial charge on any atom is 0.330 e. The van der Waals surface area contributed by atoms with Crippen LogP contribution in [0.5, 0.6) is 5.75 Å². The van der Waals surface area contributed by atoms with Crippen LogP contribution in [0.1, 0.15) is 50.7 Å². The molecule has 12 heteroatoms. The standard InChI is InChI=1S/C32H34Cl2N2O7S/c1-17(2)26(31(38)43-32(4,5)6)36(44(39)40)22-14-10-20(11-15-22)19-8-12-21(13-9-19)35-30(37)27-18(3)25-28(41-7)23(33)16-24(34)29(25)42-27/h8-17,26H,1-7H3,(H,35,37)(H,39,40)/p-1. The number of nitrogens with zero attached hydrogens (tertiary/aromatic N) is 1. The van der Waals surface area contributed by atoms with Crippen molar-refractivity contribution in [3.8, 4) is 16.9 Å². The van der Waals surface area contributed by atoms with E-state index in [-0.39, 0.29) is 16.7 Å². The van der Waals surface area contributed by atoms with Gasteiger partial charge in [-0.05, 0) is 75.1 Å². The number of carbonyl (C=O) groups is 2. The van der Waals surface area contributed by atoms with Gasteiger partial charge in [-0.25, -0.2) is 4.79 Å². The second kappa shape index (κ2) is 13.2. The number of rotatable bonds is 9. The van der Waals surface area contributed by atoms with Crippen LogP contribution in [0.2, 0.25) is 10.0 Å². The monoisotopic (exact) mass is 659 g/mol. The minimum absolute atomic E-state index is 0.0773. The van der Waals surface area contributed by atoms with E-state index in [0.717, 1.165) is 15.4 Å².